The van der Waals surface area contributed by atoms with Crippen molar-refractivity contribution in [3.05, 3.63) is 28.8 Å². The van der Waals surface area contributed by atoms with Gasteiger partial charge in [0.1, 0.15) is 0 Å². The Hall–Kier alpha value is -1.31. The van der Waals surface area contributed by atoms with E-state index in [0.717, 1.165) is 19.3 Å². The quantitative estimate of drug-likeness (QED) is 0.405. The molecule has 0 aliphatic heterocycles. The minimum Gasteiger partial charge on any atom is -0.388 e. The highest BCUT2D eigenvalue weighted by molar-refractivity contribution is 7.89. The van der Waals surface area contributed by atoms with E-state index < -0.39 is 22.2 Å². The van der Waals surface area contributed by atoms with E-state index in [1.807, 2.05) is 6.92 Å². The van der Waals surface area contributed by atoms with Crippen LogP contribution in [0, 0.1) is 0 Å². The topological polar surface area (TPSA) is 86.7 Å². The molecule has 29 heavy (non-hydrogen) atoms. The Morgan fingerprint density at radius 3 is 2.34 bits per heavy atom. The molecule has 0 radical (unpaired) electrons. The molecule has 1 rings (SSSR count). The van der Waals surface area contributed by atoms with E-state index in [4.69, 9.17) is 11.6 Å². The van der Waals surface area contributed by atoms with E-state index >= 15 is 0 Å². The van der Waals surface area contributed by atoms with Crippen molar-refractivity contribution in [1.29, 1.82) is 0 Å². The van der Waals surface area contributed by atoms with E-state index in [9.17, 15) is 18.3 Å². The highest BCUT2D eigenvalue weighted by Crippen LogP contribution is 2.31. The monoisotopic (exact) mass is 446 g/mol. The number of carbonyl (C=O) groups excluding carboxylic acids is 1. The maximum atomic E-state index is 13.0. The van der Waals surface area contributed by atoms with Crippen LogP contribution in [0.1, 0.15) is 83.3 Å². The summed E-state index contributed by atoms with van der Waals surface area (Å²) in [4.78, 5) is 12.0. The number of aliphatic hydroxyl groups excluding tert-OH is 1. The normalized spacial score (nSPS) is 12.6. The van der Waals surface area contributed by atoms with Crippen molar-refractivity contribution in [2.45, 2.75) is 82.6 Å². The number of rotatable bonds is 13. The van der Waals surface area contributed by atoms with Crippen LogP contribution in [0.5, 0.6) is 0 Å². The summed E-state index contributed by atoms with van der Waals surface area (Å²) in [6.45, 7) is 4.44. The van der Waals surface area contributed by atoms with E-state index in [-0.39, 0.29) is 10.5 Å². The van der Waals surface area contributed by atoms with Crippen molar-refractivity contribution in [3.8, 4) is 0 Å². The predicted octanol–water partition coefficient (Wildman–Crippen LogP) is 5.25. The van der Waals surface area contributed by atoms with Gasteiger partial charge in [-0.3, -0.25) is 0 Å². The Balaban J connectivity index is 2.86. The van der Waals surface area contributed by atoms with Gasteiger partial charge < -0.3 is 10.4 Å². The molecule has 0 aliphatic rings. The van der Waals surface area contributed by atoms with Crippen LogP contribution in [-0.4, -0.2) is 37.5 Å². The number of halogens is 1. The van der Waals surface area contributed by atoms with Crippen LogP contribution in [0.4, 0.5) is 4.79 Å². The van der Waals surface area contributed by atoms with Gasteiger partial charge in [-0.1, -0.05) is 70.4 Å². The summed E-state index contributed by atoms with van der Waals surface area (Å²) in [6, 6.07) is 3.58. The smallest absolute Gasteiger partial charge is 0.331 e. The van der Waals surface area contributed by atoms with Gasteiger partial charge in [-0.25, -0.2) is 17.5 Å². The molecule has 0 saturated carbocycles. The Morgan fingerprint density at radius 2 is 1.72 bits per heavy atom. The van der Waals surface area contributed by atoms with E-state index in [1.165, 1.54) is 50.9 Å². The van der Waals surface area contributed by atoms with Crippen LogP contribution in [0.25, 0.3) is 0 Å². The molecule has 0 saturated heterocycles. The van der Waals surface area contributed by atoms with Gasteiger partial charge in [0, 0.05) is 24.2 Å². The lowest BCUT2D eigenvalue weighted by atomic mass is 10.0. The minimum atomic E-state index is -4.10. The zero-order chi connectivity index (χ0) is 21.9. The number of urea groups is 1. The Kier molecular flexibility index (Phi) is 11.6. The number of nitrogens with one attached hydrogen (secondary N) is 1. The summed E-state index contributed by atoms with van der Waals surface area (Å²) in [5.41, 5.74) is 0.235. The zero-order valence-corrected chi connectivity index (χ0v) is 19.4. The van der Waals surface area contributed by atoms with Crippen molar-refractivity contribution >= 4 is 27.7 Å². The molecular weight excluding hydrogens is 412 g/mol. The van der Waals surface area contributed by atoms with E-state index in [1.54, 1.807) is 0 Å². The molecule has 1 aromatic carbocycles. The molecule has 8 heteroatoms. The number of aliphatic hydroxyl groups is 1. The molecule has 166 valence electrons. The molecule has 2 amide bonds. The Morgan fingerprint density at radius 1 is 1.10 bits per heavy atom. The second-order valence-corrected chi connectivity index (χ2v) is 9.69. The van der Waals surface area contributed by atoms with Gasteiger partial charge in [0.05, 0.1) is 11.0 Å². The van der Waals surface area contributed by atoms with E-state index in [2.05, 4.69) is 12.2 Å². The molecule has 0 heterocycles. The van der Waals surface area contributed by atoms with Crippen LogP contribution in [0.3, 0.4) is 0 Å². The Labute approximate surface area is 180 Å². The summed E-state index contributed by atoms with van der Waals surface area (Å²) in [6.07, 6.45) is 7.93. The fourth-order valence-corrected chi connectivity index (χ4v) is 4.56. The molecule has 0 aliphatic carbocycles. The predicted molar refractivity (Wildman–Crippen MR) is 118 cm³/mol. The van der Waals surface area contributed by atoms with Crippen molar-refractivity contribution in [2.24, 2.45) is 0 Å². The molecule has 0 spiro atoms. The molecule has 0 fully saturated rings. The third kappa shape index (κ3) is 8.15. The largest absolute Gasteiger partial charge is 0.388 e. The van der Waals surface area contributed by atoms with Crippen molar-refractivity contribution in [3.63, 3.8) is 0 Å². The fraction of sp³-hybridized carbons (Fsp3) is 0.667. The van der Waals surface area contributed by atoms with Gasteiger partial charge in [-0.15, -0.1) is 0 Å². The minimum absolute atomic E-state index is 0.0912. The highest BCUT2D eigenvalue weighted by Gasteiger charge is 2.29. The third-order valence-corrected chi connectivity index (χ3v) is 6.91. The standard InChI is InChI=1S/C21H35ClN2O4S/c1-4-6-7-8-9-10-11-12-19(25)18-16-17(22)13-14-20(18)29(27,28)24(3)21(26)23-15-5-2/h13-14,16,19,25H,4-12,15H2,1-3H3,(H,23,26). The molecule has 6 nitrogen and oxygen atoms in total. The second-order valence-electron chi connectivity index (χ2n) is 7.31. The molecule has 2 N–H and O–H groups in total. The summed E-state index contributed by atoms with van der Waals surface area (Å²) in [5, 5.41) is 13.5. The van der Waals surface area contributed by atoms with Crippen molar-refractivity contribution in [1.82, 2.24) is 9.62 Å². The van der Waals surface area contributed by atoms with Gasteiger partial charge in [0.2, 0.25) is 0 Å². The van der Waals surface area contributed by atoms with Gasteiger partial charge in [0.15, 0.2) is 0 Å². The summed E-state index contributed by atoms with van der Waals surface area (Å²) < 4.78 is 26.6. The molecule has 1 unspecified atom stereocenters. The van der Waals surface area contributed by atoms with E-state index in [0.29, 0.717) is 28.7 Å². The first-order valence-electron chi connectivity index (χ1n) is 10.5. The molecule has 1 aromatic rings. The van der Waals surface area contributed by atoms with Crippen molar-refractivity contribution < 1.29 is 18.3 Å². The number of sulfonamides is 1. The van der Waals surface area contributed by atoms with Crippen LogP contribution in [0.15, 0.2) is 23.1 Å². The lowest BCUT2D eigenvalue weighted by Crippen LogP contribution is -2.41. The highest BCUT2D eigenvalue weighted by atomic mass is 35.5. The molecule has 0 bridgehead atoms. The molecule has 1 atom stereocenters. The number of hydrogen-bond donors (Lipinski definition) is 2. The first kappa shape index (κ1) is 25.7. The average molecular weight is 447 g/mol. The molecule has 0 aromatic heterocycles. The van der Waals surface area contributed by atoms with Crippen LogP contribution >= 0.6 is 11.6 Å². The van der Waals surface area contributed by atoms with Gasteiger partial charge in [0.25, 0.3) is 10.0 Å². The second kappa shape index (κ2) is 13.1. The summed E-state index contributed by atoms with van der Waals surface area (Å²) in [5.74, 6) is 0. The van der Waals surface area contributed by atoms with Crippen molar-refractivity contribution in [2.75, 3.05) is 13.6 Å². The maximum Gasteiger partial charge on any atom is 0.331 e. The maximum absolute atomic E-state index is 13.0. The van der Waals surface area contributed by atoms with Gasteiger partial charge >= 0.3 is 6.03 Å². The van der Waals surface area contributed by atoms with Crippen LogP contribution < -0.4 is 5.32 Å². The summed E-state index contributed by atoms with van der Waals surface area (Å²) in [7, 11) is -2.89. The first-order valence-corrected chi connectivity index (χ1v) is 12.3. The number of carbonyl (C=O) groups is 1. The fourth-order valence-electron chi connectivity index (χ4n) is 3.06. The number of nitrogens with zero attached hydrogens (tertiary/aromatic N) is 1. The molecular formula is C21H35ClN2O4S. The number of unbranched alkanes of at least 4 members (excludes halogenated alkanes) is 6. The number of amides is 2. The van der Waals surface area contributed by atoms with Gasteiger partial charge in [-0.2, -0.15) is 0 Å². The summed E-state index contributed by atoms with van der Waals surface area (Å²) >= 11 is 6.06. The number of hydrogen-bond acceptors (Lipinski definition) is 4. The lowest BCUT2D eigenvalue weighted by Gasteiger charge is -2.22. The first-order chi connectivity index (χ1) is 13.8. The van der Waals surface area contributed by atoms with Gasteiger partial charge in [-0.05, 0) is 31.0 Å². The average Bonchev–Trinajstić information content (AvgIpc) is 2.70. The third-order valence-electron chi connectivity index (χ3n) is 4.86. The van der Waals surface area contributed by atoms with Crippen LogP contribution in [-0.2, 0) is 10.0 Å². The Bertz CT molecular complexity index is 740. The van der Waals surface area contributed by atoms with Crippen LogP contribution in [0.2, 0.25) is 5.02 Å². The lowest BCUT2D eigenvalue weighted by molar-refractivity contribution is 0.160. The zero-order valence-electron chi connectivity index (χ0n) is 17.8. The SMILES string of the molecule is CCCCCCCCCC(O)c1cc(Cl)ccc1S(=O)(=O)N(C)C(=O)NCCC. The number of benzene rings is 1.